The van der Waals surface area contributed by atoms with Crippen LogP contribution in [0.1, 0.15) is 59.2 Å². The van der Waals surface area contributed by atoms with E-state index in [9.17, 15) is 22.8 Å². The van der Waals surface area contributed by atoms with E-state index in [-0.39, 0.29) is 23.6 Å². The molecule has 4 nitrogen and oxygen atoms in total. The van der Waals surface area contributed by atoms with E-state index in [0.717, 1.165) is 36.1 Å². The minimum atomic E-state index is -4.66. The van der Waals surface area contributed by atoms with Crippen molar-refractivity contribution in [2.24, 2.45) is 11.7 Å². The van der Waals surface area contributed by atoms with Crippen LogP contribution in [0.4, 0.5) is 13.2 Å². The number of amides is 1. The number of ether oxygens (including phenoxy) is 1. The summed E-state index contributed by atoms with van der Waals surface area (Å²) >= 11 is 0. The highest BCUT2D eigenvalue weighted by atomic mass is 19.4. The van der Waals surface area contributed by atoms with E-state index in [1.165, 1.54) is 6.07 Å². The largest absolute Gasteiger partial charge is 0.490 e. The molecule has 31 heavy (non-hydrogen) atoms. The molecular weight excluding hydrogens is 407 g/mol. The highest BCUT2D eigenvalue weighted by molar-refractivity contribution is 5.95. The molecule has 1 amide bonds. The van der Waals surface area contributed by atoms with Crippen molar-refractivity contribution in [3.05, 3.63) is 64.7 Å². The Balaban J connectivity index is 1.52. The van der Waals surface area contributed by atoms with Gasteiger partial charge < -0.3 is 10.5 Å². The average molecular weight is 433 g/mol. The van der Waals surface area contributed by atoms with Crippen LogP contribution in [0.15, 0.2) is 42.5 Å². The fourth-order valence-corrected chi connectivity index (χ4v) is 4.14. The van der Waals surface area contributed by atoms with Crippen LogP contribution in [0.3, 0.4) is 0 Å². The minimum Gasteiger partial charge on any atom is -0.490 e. The molecule has 0 heterocycles. The molecule has 1 saturated carbocycles. The Bertz CT molecular complexity index is 947. The molecule has 0 radical (unpaired) electrons. The van der Waals surface area contributed by atoms with Crippen molar-refractivity contribution >= 4 is 11.7 Å². The molecule has 1 aliphatic carbocycles. The minimum absolute atomic E-state index is 0.166. The number of benzene rings is 2. The summed E-state index contributed by atoms with van der Waals surface area (Å²) in [5.74, 6) is -0.455. The standard InChI is InChI=1S/C24H26F3NO3/c1-15-3-2-4-17(11-15)13-18(29)12-16-5-7-19(8-6-16)31-20-9-10-22(24(25,26)27)21(14-20)23(28)30/h2-4,9-11,14,16,19H,5-8,12-13H2,1H3,(H2,28,30). The molecule has 0 saturated heterocycles. The van der Waals surface area contributed by atoms with Gasteiger partial charge in [0.05, 0.1) is 17.2 Å². The zero-order valence-electron chi connectivity index (χ0n) is 17.4. The van der Waals surface area contributed by atoms with Gasteiger partial charge in [0.15, 0.2) is 0 Å². The van der Waals surface area contributed by atoms with E-state index in [1.807, 2.05) is 31.2 Å². The lowest BCUT2D eigenvalue weighted by molar-refractivity contribution is -0.138. The Labute approximate surface area is 179 Å². The van der Waals surface area contributed by atoms with Gasteiger partial charge in [0, 0.05) is 12.8 Å². The highest BCUT2D eigenvalue weighted by Gasteiger charge is 2.35. The fraction of sp³-hybridized carbons (Fsp3) is 0.417. The lowest BCUT2D eigenvalue weighted by atomic mass is 9.83. The van der Waals surface area contributed by atoms with Crippen LogP contribution in [0.25, 0.3) is 0 Å². The summed E-state index contributed by atoms with van der Waals surface area (Å²) < 4.78 is 44.9. The van der Waals surface area contributed by atoms with Crippen LogP contribution in [-0.2, 0) is 17.4 Å². The van der Waals surface area contributed by atoms with Gasteiger partial charge in [-0.05, 0) is 62.3 Å². The predicted octanol–water partition coefficient (Wildman–Crippen LogP) is 5.25. The maximum Gasteiger partial charge on any atom is 0.417 e. The number of nitrogens with two attached hydrogens (primary N) is 1. The van der Waals surface area contributed by atoms with E-state index in [4.69, 9.17) is 10.5 Å². The molecule has 0 spiro atoms. The van der Waals surface area contributed by atoms with Gasteiger partial charge in [0.2, 0.25) is 5.91 Å². The van der Waals surface area contributed by atoms with Gasteiger partial charge in [-0.2, -0.15) is 13.2 Å². The van der Waals surface area contributed by atoms with Gasteiger partial charge in [0.1, 0.15) is 11.5 Å². The topological polar surface area (TPSA) is 69.4 Å². The van der Waals surface area contributed by atoms with Crippen molar-refractivity contribution in [1.82, 2.24) is 0 Å². The summed E-state index contributed by atoms with van der Waals surface area (Å²) in [5.41, 5.74) is 5.60. The van der Waals surface area contributed by atoms with Crippen LogP contribution in [0.5, 0.6) is 5.75 Å². The number of halogens is 3. The summed E-state index contributed by atoms with van der Waals surface area (Å²) in [6, 6.07) is 11.0. The number of aryl methyl sites for hydroxylation is 1. The van der Waals surface area contributed by atoms with Crippen molar-refractivity contribution in [3.63, 3.8) is 0 Å². The maximum absolute atomic E-state index is 13.0. The number of Topliss-reactive ketones (excluding diaryl/α,β-unsaturated/α-hetero) is 1. The summed E-state index contributed by atoms with van der Waals surface area (Å²) in [6.07, 6.45) is -0.843. The molecule has 0 aliphatic heterocycles. The normalized spacial score (nSPS) is 19.1. The van der Waals surface area contributed by atoms with Gasteiger partial charge in [0.25, 0.3) is 0 Å². The van der Waals surface area contributed by atoms with Crippen LogP contribution < -0.4 is 10.5 Å². The summed E-state index contributed by atoms with van der Waals surface area (Å²) in [4.78, 5) is 23.9. The molecule has 2 aromatic rings. The Morgan fingerprint density at radius 3 is 2.39 bits per heavy atom. The summed E-state index contributed by atoms with van der Waals surface area (Å²) in [6.45, 7) is 2.00. The smallest absolute Gasteiger partial charge is 0.417 e. The van der Waals surface area contributed by atoms with Crippen molar-refractivity contribution in [2.75, 3.05) is 0 Å². The number of hydrogen-bond donors (Lipinski definition) is 1. The fourth-order valence-electron chi connectivity index (χ4n) is 4.14. The Morgan fingerprint density at radius 2 is 1.77 bits per heavy atom. The Kier molecular flexibility index (Phi) is 7.03. The molecular formula is C24H26F3NO3. The van der Waals surface area contributed by atoms with Crippen LogP contribution in [0.2, 0.25) is 0 Å². The second-order valence-electron chi connectivity index (χ2n) is 8.24. The van der Waals surface area contributed by atoms with Crippen LogP contribution >= 0.6 is 0 Å². The third-order valence-corrected chi connectivity index (χ3v) is 5.66. The second-order valence-corrected chi connectivity index (χ2v) is 8.24. The molecule has 0 aromatic heterocycles. The van der Waals surface area contributed by atoms with Gasteiger partial charge in [-0.3, -0.25) is 9.59 Å². The molecule has 1 fully saturated rings. The number of carbonyl (C=O) groups is 2. The van der Waals surface area contributed by atoms with Gasteiger partial charge in [-0.25, -0.2) is 0 Å². The first-order valence-corrected chi connectivity index (χ1v) is 10.4. The third kappa shape index (κ3) is 6.32. The SMILES string of the molecule is Cc1cccc(CC(=O)CC2CCC(Oc3ccc(C(F)(F)F)c(C(N)=O)c3)CC2)c1. The molecule has 0 bridgehead atoms. The molecule has 166 valence electrons. The lowest BCUT2D eigenvalue weighted by Gasteiger charge is -2.29. The van der Waals surface area contributed by atoms with E-state index in [1.54, 1.807) is 0 Å². The van der Waals surface area contributed by atoms with Crippen molar-refractivity contribution in [2.45, 2.75) is 57.7 Å². The van der Waals surface area contributed by atoms with Crippen LogP contribution in [0, 0.1) is 12.8 Å². The molecule has 2 N–H and O–H groups in total. The van der Waals surface area contributed by atoms with Gasteiger partial charge >= 0.3 is 6.18 Å². The molecule has 1 aliphatic rings. The van der Waals surface area contributed by atoms with E-state index in [0.29, 0.717) is 25.7 Å². The zero-order valence-corrected chi connectivity index (χ0v) is 17.4. The van der Waals surface area contributed by atoms with Gasteiger partial charge in [-0.1, -0.05) is 29.8 Å². The molecule has 3 rings (SSSR count). The van der Waals surface area contributed by atoms with Crippen molar-refractivity contribution in [1.29, 1.82) is 0 Å². The van der Waals surface area contributed by atoms with Gasteiger partial charge in [-0.15, -0.1) is 0 Å². The number of ketones is 1. The number of rotatable bonds is 7. The number of hydrogen-bond acceptors (Lipinski definition) is 3. The number of primary amides is 1. The second kappa shape index (κ2) is 9.54. The van der Waals surface area contributed by atoms with E-state index >= 15 is 0 Å². The van der Waals surface area contributed by atoms with Crippen LogP contribution in [-0.4, -0.2) is 17.8 Å². The molecule has 7 heteroatoms. The van der Waals surface area contributed by atoms with Crippen molar-refractivity contribution in [3.8, 4) is 5.75 Å². The Morgan fingerprint density at radius 1 is 1.06 bits per heavy atom. The number of alkyl halides is 3. The summed E-state index contributed by atoms with van der Waals surface area (Å²) in [5, 5.41) is 0. The summed E-state index contributed by atoms with van der Waals surface area (Å²) in [7, 11) is 0. The monoisotopic (exact) mass is 433 g/mol. The lowest BCUT2D eigenvalue weighted by Crippen LogP contribution is -2.26. The number of carbonyl (C=O) groups excluding carboxylic acids is 2. The molecule has 0 atom stereocenters. The van der Waals surface area contributed by atoms with E-state index in [2.05, 4.69) is 0 Å². The predicted molar refractivity (Wildman–Crippen MR) is 111 cm³/mol. The molecule has 0 unspecified atom stereocenters. The average Bonchev–Trinajstić information content (AvgIpc) is 2.68. The Hall–Kier alpha value is -2.83. The van der Waals surface area contributed by atoms with E-state index < -0.39 is 23.2 Å². The first kappa shape index (κ1) is 22.8. The molecule has 2 aromatic carbocycles. The highest BCUT2D eigenvalue weighted by Crippen LogP contribution is 2.35. The first-order valence-electron chi connectivity index (χ1n) is 10.4. The quantitative estimate of drug-likeness (QED) is 0.648. The zero-order chi connectivity index (χ0) is 22.6. The third-order valence-electron chi connectivity index (χ3n) is 5.66. The maximum atomic E-state index is 13.0. The van der Waals surface area contributed by atoms with Crippen molar-refractivity contribution < 1.29 is 27.5 Å². The first-order chi connectivity index (χ1) is 14.6.